The summed E-state index contributed by atoms with van der Waals surface area (Å²) in [6.45, 7) is 4.09. The largest absolute Gasteiger partial charge is 0.394 e. The van der Waals surface area contributed by atoms with Crippen molar-refractivity contribution >= 4 is 5.91 Å². The minimum Gasteiger partial charge on any atom is -0.394 e. The number of unbranched alkanes of at least 4 members (excludes halogenated alkanes) is 13. The maximum Gasteiger partial charge on any atom is 0.222 e. The van der Waals surface area contributed by atoms with Gasteiger partial charge in [-0.15, -0.1) is 0 Å². The van der Waals surface area contributed by atoms with E-state index in [0.717, 1.165) is 51.4 Å². The molecule has 0 spiro atoms. The van der Waals surface area contributed by atoms with Crippen LogP contribution in [-0.2, 0) is 4.79 Å². The number of rotatable bonds is 28. The van der Waals surface area contributed by atoms with Gasteiger partial charge >= 0.3 is 0 Å². The molecular weight excluding hydrogens is 498 g/mol. The van der Waals surface area contributed by atoms with Gasteiger partial charge in [-0.3, -0.25) is 4.79 Å². The van der Waals surface area contributed by atoms with Crippen molar-refractivity contribution < 1.29 is 20.1 Å². The molecule has 5 heteroatoms. The lowest BCUT2D eigenvalue weighted by Gasteiger charge is -2.20. The molecule has 0 aromatic carbocycles. The monoisotopic (exact) mass is 561 g/mol. The molecule has 0 aromatic heterocycles. The summed E-state index contributed by atoms with van der Waals surface area (Å²) >= 11 is 0. The summed E-state index contributed by atoms with van der Waals surface area (Å²) < 4.78 is 0. The maximum absolute atomic E-state index is 12.3. The smallest absolute Gasteiger partial charge is 0.222 e. The highest BCUT2D eigenvalue weighted by Gasteiger charge is 2.19. The Morgan fingerprint density at radius 2 is 1.10 bits per heavy atom. The molecule has 0 aliphatic carbocycles. The first-order valence-electron chi connectivity index (χ1n) is 16.4. The summed E-state index contributed by atoms with van der Waals surface area (Å²) in [5.74, 6) is -0.349. The molecule has 3 atom stereocenters. The fraction of sp³-hybridized carbons (Fsp3) is 0.743. The van der Waals surface area contributed by atoms with Gasteiger partial charge in [0.2, 0.25) is 5.91 Å². The second-order valence-corrected chi connectivity index (χ2v) is 11.0. The average molecular weight is 562 g/mol. The lowest BCUT2D eigenvalue weighted by molar-refractivity contribution is -0.124. The predicted molar refractivity (Wildman–Crippen MR) is 171 cm³/mol. The van der Waals surface area contributed by atoms with Crippen LogP contribution in [0.1, 0.15) is 142 Å². The van der Waals surface area contributed by atoms with Crippen molar-refractivity contribution in [3.63, 3.8) is 0 Å². The molecule has 3 unspecified atom stereocenters. The molecule has 0 saturated carbocycles. The lowest BCUT2D eigenvalue weighted by Crippen LogP contribution is -2.45. The zero-order valence-corrected chi connectivity index (χ0v) is 25.9. The van der Waals surface area contributed by atoms with Gasteiger partial charge in [0.15, 0.2) is 0 Å². The summed E-state index contributed by atoms with van der Waals surface area (Å²) in [6, 6.07) is -0.771. The zero-order chi connectivity index (χ0) is 29.5. The lowest BCUT2D eigenvalue weighted by atomic mass is 10.1. The number of nitrogens with one attached hydrogen (secondary N) is 1. The maximum atomic E-state index is 12.3. The molecule has 0 fully saturated rings. The van der Waals surface area contributed by atoms with Crippen LogP contribution in [0.5, 0.6) is 0 Å². The van der Waals surface area contributed by atoms with Crippen molar-refractivity contribution in [2.75, 3.05) is 6.61 Å². The summed E-state index contributed by atoms with van der Waals surface area (Å²) in [5.41, 5.74) is 0. The van der Waals surface area contributed by atoms with Gasteiger partial charge in [0.1, 0.15) is 0 Å². The highest BCUT2D eigenvalue weighted by Crippen LogP contribution is 2.10. The van der Waals surface area contributed by atoms with Crippen LogP contribution in [0, 0.1) is 0 Å². The number of allylic oxidation sites excluding steroid dienone is 7. The van der Waals surface area contributed by atoms with Gasteiger partial charge in [0.25, 0.3) is 0 Å². The van der Waals surface area contributed by atoms with Crippen molar-refractivity contribution in [2.24, 2.45) is 0 Å². The summed E-state index contributed by atoms with van der Waals surface area (Å²) in [4.78, 5) is 12.3. The Hall–Kier alpha value is -1.69. The summed E-state index contributed by atoms with van der Waals surface area (Å²) in [5, 5.41) is 32.8. The van der Waals surface area contributed by atoms with Crippen LogP contribution in [0.2, 0.25) is 0 Å². The molecule has 5 nitrogen and oxygen atoms in total. The Balaban J connectivity index is 3.90. The van der Waals surface area contributed by atoms with Crippen LogP contribution in [0.3, 0.4) is 0 Å². The topological polar surface area (TPSA) is 89.8 Å². The Morgan fingerprint density at radius 1 is 0.625 bits per heavy atom. The van der Waals surface area contributed by atoms with Crippen LogP contribution in [-0.4, -0.2) is 46.1 Å². The van der Waals surface area contributed by atoms with Crippen molar-refractivity contribution in [2.45, 2.75) is 161 Å². The molecule has 4 N–H and O–H groups in total. The van der Waals surface area contributed by atoms with Crippen molar-refractivity contribution in [1.29, 1.82) is 0 Å². The second kappa shape index (κ2) is 30.3. The first-order valence-corrected chi connectivity index (χ1v) is 16.4. The van der Waals surface area contributed by atoms with Gasteiger partial charge in [-0.25, -0.2) is 0 Å². The van der Waals surface area contributed by atoms with E-state index in [0.29, 0.717) is 6.42 Å². The number of hydrogen-bond acceptors (Lipinski definition) is 4. The van der Waals surface area contributed by atoms with Crippen LogP contribution in [0.15, 0.2) is 48.6 Å². The van der Waals surface area contributed by atoms with Crippen LogP contribution in [0.25, 0.3) is 0 Å². The first kappa shape index (κ1) is 38.3. The molecular formula is C35H63NO4. The first-order chi connectivity index (χ1) is 19.5. The molecule has 0 rings (SSSR count). The number of carbonyl (C=O) groups excluding carboxylic acids is 1. The standard InChI is InChI=1S/C35H63NO4/c1-3-5-7-9-11-13-14-15-16-17-18-19-20-21-23-25-27-29-34(39)33(31-37)36-35(40)30-32(38)28-26-24-22-12-10-8-6-4-2/h10,12,16-17,20-21,27,29,32-34,37-39H,3-9,11,13-15,18-19,22-26,28,30-31H2,1-2H3,(H,36,40)/b12-10-,17-16+,21-20+,29-27+. The van der Waals surface area contributed by atoms with Gasteiger partial charge in [-0.05, 0) is 64.2 Å². The highest BCUT2D eigenvalue weighted by atomic mass is 16.3. The van der Waals surface area contributed by atoms with E-state index in [-0.39, 0.29) is 18.9 Å². The third-order valence-corrected chi connectivity index (χ3v) is 7.07. The van der Waals surface area contributed by atoms with Crippen molar-refractivity contribution in [3.8, 4) is 0 Å². The van der Waals surface area contributed by atoms with Crippen LogP contribution in [0.4, 0.5) is 0 Å². The quantitative estimate of drug-likeness (QED) is 0.0572. The average Bonchev–Trinajstić information content (AvgIpc) is 2.94. The predicted octanol–water partition coefficient (Wildman–Crippen LogP) is 8.25. The molecule has 0 aliphatic heterocycles. The Kier molecular flexibility index (Phi) is 29.0. The molecule has 0 aromatic rings. The van der Waals surface area contributed by atoms with Crippen molar-refractivity contribution in [3.05, 3.63) is 48.6 Å². The zero-order valence-electron chi connectivity index (χ0n) is 25.9. The summed E-state index contributed by atoms with van der Waals surface area (Å²) in [6.07, 6.45) is 36.7. The fourth-order valence-corrected chi connectivity index (χ4v) is 4.47. The summed E-state index contributed by atoms with van der Waals surface area (Å²) in [7, 11) is 0. The second-order valence-electron chi connectivity index (χ2n) is 11.0. The molecule has 232 valence electrons. The van der Waals surface area contributed by atoms with Gasteiger partial charge < -0.3 is 20.6 Å². The molecule has 40 heavy (non-hydrogen) atoms. The highest BCUT2D eigenvalue weighted by molar-refractivity contribution is 5.76. The van der Waals surface area contributed by atoms with E-state index in [1.54, 1.807) is 6.08 Å². The Bertz CT molecular complexity index is 670. The van der Waals surface area contributed by atoms with Crippen molar-refractivity contribution in [1.82, 2.24) is 5.32 Å². The van der Waals surface area contributed by atoms with E-state index in [1.807, 2.05) is 6.08 Å². The Labute approximate surface area is 246 Å². The van der Waals surface area contributed by atoms with E-state index in [9.17, 15) is 20.1 Å². The molecule has 0 saturated heterocycles. The number of aliphatic hydroxyl groups is 3. The number of amides is 1. The van der Waals surface area contributed by atoms with Gasteiger partial charge in [-0.1, -0.05) is 120 Å². The number of hydrogen-bond donors (Lipinski definition) is 4. The SMILES string of the molecule is CCCC/C=C\CCCCC(O)CC(=O)NC(CO)C(O)/C=C/CC/C=C/CC/C=C/CCCCCCCCC. The third-order valence-electron chi connectivity index (χ3n) is 7.07. The molecule has 0 radical (unpaired) electrons. The number of carbonyl (C=O) groups is 1. The fourth-order valence-electron chi connectivity index (χ4n) is 4.47. The van der Waals surface area contributed by atoms with E-state index in [4.69, 9.17) is 0 Å². The van der Waals surface area contributed by atoms with E-state index in [2.05, 4.69) is 55.6 Å². The molecule has 0 bridgehead atoms. The van der Waals surface area contributed by atoms with Crippen LogP contribution < -0.4 is 5.32 Å². The minimum absolute atomic E-state index is 0.0155. The molecule has 1 amide bonds. The molecule has 0 heterocycles. The van der Waals surface area contributed by atoms with E-state index < -0.39 is 18.2 Å². The number of aliphatic hydroxyl groups excluding tert-OH is 3. The van der Waals surface area contributed by atoms with E-state index in [1.165, 1.54) is 64.2 Å². The Morgan fingerprint density at radius 3 is 1.68 bits per heavy atom. The normalized spacial score (nSPS) is 14.6. The minimum atomic E-state index is -0.962. The van der Waals surface area contributed by atoms with E-state index >= 15 is 0 Å². The third kappa shape index (κ3) is 26.5. The van der Waals surface area contributed by atoms with Crippen LogP contribution >= 0.6 is 0 Å². The molecule has 0 aliphatic rings. The van der Waals surface area contributed by atoms with Gasteiger partial charge in [-0.2, -0.15) is 0 Å². The van der Waals surface area contributed by atoms with Gasteiger partial charge in [0, 0.05) is 0 Å². The van der Waals surface area contributed by atoms with Gasteiger partial charge in [0.05, 0.1) is 31.3 Å².